The van der Waals surface area contributed by atoms with Crippen molar-refractivity contribution in [3.8, 4) is 0 Å². The Morgan fingerprint density at radius 1 is 1.25 bits per heavy atom. The van der Waals surface area contributed by atoms with Crippen LogP contribution in [-0.4, -0.2) is 17.9 Å². The molecular weight excluding hydrogens is 252 g/mol. The standard InChI is InChI=1S/C16H22N2O2/c1-4-12(3)17-14(19)16(9-10-16)15(20)18-13-8-6-5-7-11(13)2/h5-8,12H,4,9-10H2,1-3H3,(H,17,19)(H,18,20). The third-order valence-electron chi connectivity index (χ3n) is 4.00. The fourth-order valence-corrected chi connectivity index (χ4v) is 2.10. The van der Waals surface area contributed by atoms with E-state index in [1.165, 1.54) is 0 Å². The first kappa shape index (κ1) is 14.6. The maximum absolute atomic E-state index is 12.4. The number of carbonyl (C=O) groups is 2. The number of para-hydroxylation sites is 1. The highest BCUT2D eigenvalue weighted by Crippen LogP contribution is 2.47. The normalized spacial score (nSPS) is 17.1. The Morgan fingerprint density at radius 3 is 2.45 bits per heavy atom. The fraction of sp³-hybridized carbons (Fsp3) is 0.500. The second-order valence-corrected chi connectivity index (χ2v) is 5.63. The van der Waals surface area contributed by atoms with Crippen LogP contribution in [0.4, 0.5) is 5.69 Å². The van der Waals surface area contributed by atoms with Crippen molar-refractivity contribution in [3.63, 3.8) is 0 Å². The van der Waals surface area contributed by atoms with Crippen LogP contribution >= 0.6 is 0 Å². The first-order valence-corrected chi connectivity index (χ1v) is 7.17. The molecule has 0 bridgehead atoms. The number of hydrogen-bond acceptors (Lipinski definition) is 2. The zero-order chi connectivity index (χ0) is 14.8. The van der Waals surface area contributed by atoms with Crippen LogP contribution in [0.15, 0.2) is 24.3 Å². The first-order valence-electron chi connectivity index (χ1n) is 7.17. The molecule has 4 heteroatoms. The van der Waals surface area contributed by atoms with Crippen molar-refractivity contribution in [3.05, 3.63) is 29.8 Å². The van der Waals surface area contributed by atoms with Crippen LogP contribution in [0.5, 0.6) is 0 Å². The monoisotopic (exact) mass is 274 g/mol. The Balaban J connectivity index is 2.05. The van der Waals surface area contributed by atoms with Crippen molar-refractivity contribution in [2.45, 2.75) is 46.1 Å². The zero-order valence-corrected chi connectivity index (χ0v) is 12.3. The van der Waals surface area contributed by atoms with Crippen molar-refractivity contribution in [2.75, 3.05) is 5.32 Å². The van der Waals surface area contributed by atoms with E-state index in [9.17, 15) is 9.59 Å². The summed E-state index contributed by atoms with van der Waals surface area (Å²) in [5.41, 5.74) is 0.921. The molecule has 1 atom stereocenters. The van der Waals surface area contributed by atoms with E-state index in [2.05, 4.69) is 10.6 Å². The summed E-state index contributed by atoms with van der Waals surface area (Å²) in [4.78, 5) is 24.6. The van der Waals surface area contributed by atoms with E-state index in [0.717, 1.165) is 17.7 Å². The molecule has 0 saturated heterocycles. The van der Waals surface area contributed by atoms with Crippen LogP contribution in [0.2, 0.25) is 0 Å². The second kappa shape index (κ2) is 5.65. The van der Waals surface area contributed by atoms with E-state index in [0.29, 0.717) is 12.8 Å². The van der Waals surface area contributed by atoms with Gasteiger partial charge in [-0.1, -0.05) is 25.1 Å². The smallest absolute Gasteiger partial charge is 0.240 e. The lowest BCUT2D eigenvalue weighted by Crippen LogP contribution is -2.43. The van der Waals surface area contributed by atoms with Gasteiger partial charge in [0.05, 0.1) is 0 Å². The molecule has 2 rings (SSSR count). The van der Waals surface area contributed by atoms with Gasteiger partial charge in [0.2, 0.25) is 11.8 Å². The SMILES string of the molecule is CCC(C)NC(=O)C1(C(=O)Nc2ccccc2C)CC1. The number of nitrogens with one attached hydrogen (secondary N) is 2. The summed E-state index contributed by atoms with van der Waals surface area (Å²) < 4.78 is 0. The van der Waals surface area contributed by atoms with Crippen molar-refractivity contribution in [1.82, 2.24) is 5.32 Å². The quantitative estimate of drug-likeness (QED) is 0.811. The largest absolute Gasteiger partial charge is 0.353 e. The molecule has 0 aromatic heterocycles. The third-order valence-corrected chi connectivity index (χ3v) is 4.00. The lowest BCUT2D eigenvalue weighted by atomic mass is 10.0. The van der Waals surface area contributed by atoms with Crippen LogP contribution in [0.1, 0.15) is 38.7 Å². The van der Waals surface area contributed by atoms with Gasteiger partial charge in [-0.2, -0.15) is 0 Å². The van der Waals surface area contributed by atoms with Gasteiger partial charge in [0, 0.05) is 11.7 Å². The van der Waals surface area contributed by atoms with E-state index < -0.39 is 5.41 Å². The number of anilines is 1. The molecule has 20 heavy (non-hydrogen) atoms. The highest BCUT2D eigenvalue weighted by Gasteiger charge is 2.56. The number of benzene rings is 1. The van der Waals surface area contributed by atoms with Crippen LogP contribution in [0.25, 0.3) is 0 Å². The molecule has 1 aromatic rings. The summed E-state index contributed by atoms with van der Waals surface area (Å²) in [6, 6.07) is 7.70. The molecule has 108 valence electrons. The molecule has 1 fully saturated rings. The molecule has 0 aliphatic heterocycles. The highest BCUT2D eigenvalue weighted by molar-refractivity contribution is 6.13. The summed E-state index contributed by atoms with van der Waals surface area (Å²) in [7, 11) is 0. The van der Waals surface area contributed by atoms with Gasteiger partial charge in [0.25, 0.3) is 0 Å². The van der Waals surface area contributed by atoms with Crippen LogP contribution in [0, 0.1) is 12.3 Å². The average molecular weight is 274 g/mol. The van der Waals surface area contributed by atoms with E-state index in [-0.39, 0.29) is 17.9 Å². The summed E-state index contributed by atoms with van der Waals surface area (Å²) in [5, 5.41) is 5.80. The highest BCUT2D eigenvalue weighted by atomic mass is 16.2. The van der Waals surface area contributed by atoms with E-state index in [1.54, 1.807) is 0 Å². The second-order valence-electron chi connectivity index (χ2n) is 5.63. The van der Waals surface area contributed by atoms with Gasteiger partial charge in [0.1, 0.15) is 5.41 Å². The van der Waals surface area contributed by atoms with Gasteiger partial charge >= 0.3 is 0 Å². The molecule has 0 heterocycles. The number of carbonyl (C=O) groups excluding carboxylic acids is 2. The maximum atomic E-state index is 12.4. The van der Waals surface area contributed by atoms with Crippen LogP contribution < -0.4 is 10.6 Å². The molecule has 2 amide bonds. The molecule has 1 aromatic carbocycles. The maximum Gasteiger partial charge on any atom is 0.240 e. The summed E-state index contributed by atoms with van der Waals surface area (Å²) in [6.45, 7) is 5.90. The van der Waals surface area contributed by atoms with Gasteiger partial charge in [-0.05, 0) is 44.7 Å². The Kier molecular flexibility index (Phi) is 4.12. The zero-order valence-electron chi connectivity index (χ0n) is 12.3. The summed E-state index contributed by atoms with van der Waals surface area (Å²) in [6.07, 6.45) is 2.13. The van der Waals surface area contributed by atoms with E-state index in [4.69, 9.17) is 0 Å². The Labute approximate surface area is 119 Å². The van der Waals surface area contributed by atoms with E-state index in [1.807, 2.05) is 45.0 Å². The molecule has 2 N–H and O–H groups in total. The topological polar surface area (TPSA) is 58.2 Å². The van der Waals surface area contributed by atoms with Crippen molar-refractivity contribution in [1.29, 1.82) is 0 Å². The van der Waals surface area contributed by atoms with Gasteiger partial charge in [0.15, 0.2) is 0 Å². The first-order chi connectivity index (χ1) is 9.49. The Hall–Kier alpha value is -1.84. The Morgan fingerprint density at radius 2 is 1.90 bits per heavy atom. The number of amides is 2. The summed E-state index contributed by atoms with van der Waals surface area (Å²) >= 11 is 0. The van der Waals surface area contributed by atoms with Crippen LogP contribution in [0.3, 0.4) is 0 Å². The minimum Gasteiger partial charge on any atom is -0.353 e. The van der Waals surface area contributed by atoms with Gasteiger partial charge in [-0.3, -0.25) is 9.59 Å². The summed E-state index contributed by atoms with van der Waals surface area (Å²) in [5.74, 6) is -0.328. The molecule has 1 saturated carbocycles. The molecule has 1 aliphatic carbocycles. The predicted octanol–water partition coefficient (Wildman–Crippen LogP) is 2.63. The molecular formula is C16H22N2O2. The molecule has 1 aliphatic rings. The number of hydrogen-bond donors (Lipinski definition) is 2. The Bertz CT molecular complexity index is 521. The number of aryl methyl sites for hydroxylation is 1. The lowest BCUT2D eigenvalue weighted by molar-refractivity contribution is -0.134. The number of rotatable bonds is 5. The third kappa shape index (κ3) is 2.84. The molecule has 1 unspecified atom stereocenters. The van der Waals surface area contributed by atoms with Gasteiger partial charge < -0.3 is 10.6 Å². The van der Waals surface area contributed by atoms with Gasteiger partial charge in [-0.25, -0.2) is 0 Å². The van der Waals surface area contributed by atoms with Crippen molar-refractivity contribution < 1.29 is 9.59 Å². The van der Waals surface area contributed by atoms with E-state index >= 15 is 0 Å². The van der Waals surface area contributed by atoms with Gasteiger partial charge in [-0.15, -0.1) is 0 Å². The lowest BCUT2D eigenvalue weighted by Gasteiger charge is -2.19. The molecule has 4 nitrogen and oxygen atoms in total. The predicted molar refractivity (Wildman–Crippen MR) is 79.4 cm³/mol. The fourth-order valence-electron chi connectivity index (χ4n) is 2.10. The molecule has 0 radical (unpaired) electrons. The molecule has 0 spiro atoms. The minimum atomic E-state index is -0.855. The average Bonchev–Trinajstić information content (AvgIpc) is 3.22. The van der Waals surface area contributed by atoms with Crippen molar-refractivity contribution >= 4 is 17.5 Å². The van der Waals surface area contributed by atoms with Crippen LogP contribution in [-0.2, 0) is 9.59 Å². The minimum absolute atomic E-state index is 0.103. The van der Waals surface area contributed by atoms with Crippen molar-refractivity contribution in [2.24, 2.45) is 5.41 Å².